The molecule has 0 fully saturated rings. The van der Waals surface area contributed by atoms with E-state index in [9.17, 15) is 21.6 Å². The van der Waals surface area contributed by atoms with Crippen LogP contribution in [0.15, 0.2) is 67.0 Å². The number of aromatic nitrogens is 5. The van der Waals surface area contributed by atoms with Gasteiger partial charge in [0.05, 0.1) is 28.9 Å². The van der Waals surface area contributed by atoms with Crippen LogP contribution in [-0.2, 0) is 16.0 Å². The van der Waals surface area contributed by atoms with Gasteiger partial charge in [0.15, 0.2) is 5.65 Å². The van der Waals surface area contributed by atoms with Gasteiger partial charge in [-0.05, 0) is 66.9 Å². The Morgan fingerprint density at radius 2 is 1.82 bits per heavy atom. The minimum absolute atomic E-state index is 0.00123. The highest BCUT2D eigenvalue weighted by Crippen LogP contribution is 2.38. The molecule has 0 saturated heterocycles. The van der Waals surface area contributed by atoms with Crippen LogP contribution >= 0.6 is 0 Å². The molecule has 13 heteroatoms. The van der Waals surface area contributed by atoms with Crippen LogP contribution in [0.25, 0.3) is 33.7 Å². The summed E-state index contributed by atoms with van der Waals surface area (Å²) >= 11 is 0. The molecule has 3 aromatic heterocycles. The van der Waals surface area contributed by atoms with Crippen molar-refractivity contribution in [3.63, 3.8) is 0 Å². The van der Waals surface area contributed by atoms with Crippen LogP contribution in [0.3, 0.4) is 0 Å². The average Bonchev–Trinajstić information content (AvgIpc) is 3.53. The molecule has 3 N–H and O–H groups in total. The van der Waals surface area contributed by atoms with Crippen molar-refractivity contribution in [1.29, 1.82) is 0 Å². The summed E-state index contributed by atoms with van der Waals surface area (Å²) in [6.07, 6.45) is 0.374. The number of benzene rings is 2. The van der Waals surface area contributed by atoms with Crippen molar-refractivity contribution in [2.45, 2.75) is 19.5 Å². The fourth-order valence-electron chi connectivity index (χ4n) is 4.50. The van der Waals surface area contributed by atoms with E-state index in [0.717, 1.165) is 24.1 Å². The molecule has 9 nitrogen and oxygen atoms in total. The van der Waals surface area contributed by atoms with E-state index in [4.69, 9.17) is 5.73 Å². The lowest BCUT2D eigenvalue weighted by atomic mass is 9.95. The summed E-state index contributed by atoms with van der Waals surface area (Å²) in [5, 5.41) is 12.0. The lowest BCUT2D eigenvalue weighted by molar-refractivity contribution is -0.137. The van der Waals surface area contributed by atoms with Gasteiger partial charge in [0.25, 0.3) is 0 Å². The average molecular weight is 570 g/mol. The molecule has 0 atom stereocenters. The number of anilines is 2. The van der Waals surface area contributed by atoms with E-state index in [1.807, 2.05) is 25.1 Å². The number of pyridine rings is 1. The quantitative estimate of drug-likeness (QED) is 0.199. The lowest BCUT2D eigenvalue weighted by Crippen LogP contribution is -2.10. The second kappa shape index (κ2) is 10.3. The van der Waals surface area contributed by atoms with Gasteiger partial charge < -0.3 is 11.1 Å². The number of nitrogen functional groups attached to an aromatic ring is 1. The first-order valence-corrected chi connectivity index (χ1v) is 14.4. The van der Waals surface area contributed by atoms with Gasteiger partial charge in [-0.2, -0.15) is 23.3 Å². The maximum absolute atomic E-state index is 13.6. The molecule has 3 heterocycles. The monoisotopic (exact) mass is 569 g/mol. The van der Waals surface area contributed by atoms with E-state index in [1.165, 1.54) is 10.6 Å². The van der Waals surface area contributed by atoms with Crippen LogP contribution in [0, 0.1) is 6.92 Å². The molecule has 2 aromatic carbocycles. The first-order chi connectivity index (χ1) is 18.9. The topological polar surface area (TPSA) is 120 Å². The third-order valence-electron chi connectivity index (χ3n) is 6.40. The number of nitrogens with zero attached hydrogens (tertiary/aromatic N) is 5. The molecule has 40 heavy (non-hydrogen) atoms. The number of nitrogens with two attached hydrogens (primary N) is 1. The van der Waals surface area contributed by atoms with Crippen molar-refractivity contribution >= 4 is 27.1 Å². The standard InChI is InChI=1S/C27H26F3N7O2S/c1-17-22(23-11-13-33-37(23)21-9-7-20(31)8-10-21)16-36-25(34-26(35-36)32-12-4-14-40(2,38)39)24(17)18-5-3-6-19(15-18)27(28,29)30/h3,5-11,13,15-16H,4,12,14,31H2,1-2H3,(H,32,35). The minimum Gasteiger partial charge on any atom is -0.399 e. The van der Waals surface area contributed by atoms with Gasteiger partial charge >= 0.3 is 6.18 Å². The Labute approximate surface area is 228 Å². The number of rotatable bonds is 8. The molecule has 0 radical (unpaired) electrons. The van der Waals surface area contributed by atoms with Crippen LogP contribution in [0.4, 0.5) is 24.8 Å². The summed E-state index contributed by atoms with van der Waals surface area (Å²) in [6, 6.07) is 14.0. The van der Waals surface area contributed by atoms with Gasteiger partial charge in [-0.3, -0.25) is 0 Å². The second-order valence-corrected chi connectivity index (χ2v) is 11.7. The number of nitrogens with one attached hydrogen (secondary N) is 1. The second-order valence-electron chi connectivity index (χ2n) is 9.45. The highest BCUT2D eigenvalue weighted by Gasteiger charge is 2.31. The Morgan fingerprint density at radius 1 is 1.07 bits per heavy atom. The molecule has 0 amide bonds. The summed E-state index contributed by atoms with van der Waals surface area (Å²) in [5.74, 6) is 0.228. The first kappa shape index (κ1) is 27.2. The molecule has 5 rings (SSSR count). The van der Waals surface area contributed by atoms with Crippen LogP contribution in [0.1, 0.15) is 17.5 Å². The van der Waals surface area contributed by atoms with E-state index in [1.54, 1.807) is 35.3 Å². The Bertz CT molecular complexity index is 1790. The Kier molecular flexibility index (Phi) is 7.00. The normalized spacial score (nSPS) is 12.2. The molecular weight excluding hydrogens is 543 g/mol. The van der Waals surface area contributed by atoms with Crippen molar-refractivity contribution < 1.29 is 21.6 Å². The zero-order valence-corrected chi connectivity index (χ0v) is 22.5. The third-order valence-corrected chi connectivity index (χ3v) is 7.43. The summed E-state index contributed by atoms with van der Waals surface area (Å²) in [4.78, 5) is 4.56. The lowest BCUT2D eigenvalue weighted by Gasteiger charge is -2.16. The highest BCUT2D eigenvalue weighted by molar-refractivity contribution is 7.90. The summed E-state index contributed by atoms with van der Waals surface area (Å²) in [7, 11) is -3.12. The van der Waals surface area contributed by atoms with E-state index in [2.05, 4.69) is 20.5 Å². The van der Waals surface area contributed by atoms with Gasteiger partial charge in [0, 0.05) is 35.8 Å². The van der Waals surface area contributed by atoms with Gasteiger partial charge in [-0.15, -0.1) is 5.10 Å². The maximum atomic E-state index is 13.6. The zero-order valence-electron chi connectivity index (χ0n) is 21.6. The number of alkyl halides is 3. The van der Waals surface area contributed by atoms with E-state index >= 15 is 0 Å². The first-order valence-electron chi connectivity index (χ1n) is 12.3. The fraction of sp³-hybridized carbons (Fsp3) is 0.222. The number of fused-ring (bicyclic) bond motifs is 1. The van der Waals surface area contributed by atoms with Crippen LogP contribution in [0.5, 0.6) is 0 Å². The molecule has 0 aliphatic heterocycles. The van der Waals surface area contributed by atoms with E-state index < -0.39 is 21.6 Å². The van der Waals surface area contributed by atoms with Crippen molar-refractivity contribution in [3.8, 4) is 28.1 Å². The number of sulfone groups is 1. The van der Waals surface area contributed by atoms with E-state index in [0.29, 0.717) is 52.2 Å². The van der Waals surface area contributed by atoms with Crippen molar-refractivity contribution in [3.05, 3.63) is 78.1 Å². The molecule has 0 bridgehead atoms. The summed E-state index contributed by atoms with van der Waals surface area (Å²) in [6.45, 7) is 2.12. The molecule has 0 aliphatic carbocycles. The van der Waals surface area contributed by atoms with Gasteiger partial charge in [-0.1, -0.05) is 12.1 Å². The summed E-state index contributed by atoms with van der Waals surface area (Å²) < 4.78 is 67.0. The largest absolute Gasteiger partial charge is 0.416 e. The van der Waals surface area contributed by atoms with Gasteiger partial charge in [0.1, 0.15) is 9.84 Å². The molecule has 208 valence electrons. The minimum atomic E-state index is -4.52. The van der Waals surface area contributed by atoms with E-state index in [-0.39, 0.29) is 11.7 Å². The fourth-order valence-corrected chi connectivity index (χ4v) is 5.17. The van der Waals surface area contributed by atoms with Crippen molar-refractivity contribution in [2.75, 3.05) is 29.6 Å². The summed E-state index contributed by atoms with van der Waals surface area (Å²) in [5.41, 5.74) is 9.63. The van der Waals surface area contributed by atoms with Crippen molar-refractivity contribution in [2.24, 2.45) is 0 Å². The number of hydrogen-bond acceptors (Lipinski definition) is 7. The predicted molar refractivity (Wildman–Crippen MR) is 148 cm³/mol. The Hall–Kier alpha value is -4.39. The number of halogens is 3. The van der Waals surface area contributed by atoms with Crippen LogP contribution < -0.4 is 11.1 Å². The van der Waals surface area contributed by atoms with Gasteiger partial charge in [0.2, 0.25) is 5.95 Å². The van der Waals surface area contributed by atoms with Crippen LogP contribution in [0.2, 0.25) is 0 Å². The van der Waals surface area contributed by atoms with Crippen molar-refractivity contribution in [1.82, 2.24) is 24.4 Å². The van der Waals surface area contributed by atoms with Crippen LogP contribution in [-0.4, -0.2) is 51.3 Å². The Balaban J connectivity index is 1.66. The molecule has 0 spiro atoms. The highest BCUT2D eigenvalue weighted by atomic mass is 32.2. The smallest absolute Gasteiger partial charge is 0.399 e. The maximum Gasteiger partial charge on any atom is 0.416 e. The predicted octanol–water partition coefficient (Wildman–Crippen LogP) is 5.01. The molecule has 5 aromatic rings. The SMILES string of the molecule is Cc1c(-c2ccnn2-c2ccc(N)cc2)cn2nc(NCCCS(C)(=O)=O)nc2c1-c1cccc(C(F)(F)F)c1. The molecule has 0 unspecified atom stereocenters. The molecular formula is C27H26F3N7O2S. The number of hydrogen-bond donors (Lipinski definition) is 2. The zero-order chi connectivity index (χ0) is 28.7. The molecule has 0 aliphatic rings. The molecule has 0 saturated carbocycles. The third kappa shape index (κ3) is 5.64. The Morgan fingerprint density at radius 3 is 2.52 bits per heavy atom. The van der Waals surface area contributed by atoms with Gasteiger partial charge in [-0.25, -0.2) is 17.6 Å².